The molecule has 0 spiro atoms. The first kappa shape index (κ1) is 17.3. The second-order valence-electron chi connectivity index (χ2n) is 5.47. The van der Waals surface area contributed by atoms with Crippen LogP contribution in [0.25, 0.3) is 0 Å². The lowest BCUT2D eigenvalue weighted by Gasteiger charge is -2.28. The normalized spacial score (nSPS) is 12.5. The van der Waals surface area contributed by atoms with E-state index >= 15 is 0 Å². The Morgan fingerprint density at radius 2 is 2.10 bits per heavy atom. The van der Waals surface area contributed by atoms with E-state index in [9.17, 15) is 0 Å². The van der Waals surface area contributed by atoms with Crippen molar-refractivity contribution in [2.75, 3.05) is 30.5 Å². The molecule has 1 atom stereocenters. The Hall–Kier alpha value is -0.740. The van der Waals surface area contributed by atoms with Gasteiger partial charge >= 0.3 is 0 Å². The number of rotatable bonds is 8. The first-order valence-corrected chi connectivity index (χ1v) is 8.80. The SMILES string of the molecule is CCCNCc1c(C)cc(C)nc1N(C)C(C)CSC. The van der Waals surface area contributed by atoms with Crippen LogP contribution in [0.4, 0.5) is 5.82 Å². The van der Waals surface area contributed by atoms with Crippen molar-refractivity contribution in [1.29, 1.82) is 0 Å². The molecule has 114 valence electrons. The molecule has 1 heterocycles. The maximum Gasteiger partial charge on any atom is 0.133 e. The van der Waals surface area contributed by atoms with Crippen LogP contribution in [0.3, 0.4) is 0 Å². The topological polar surface area (TPSA) is 28.2 Å². The Balaban J connectivity index is 3.02. The molecular formula is C16H29N3S. The molecular weight excluding hydrogens is 266 g/mol. The van der Waals surface area contributed by atoms with E-state index in [2.05, 4.69) is 57.3 Å². The van der Waals surface area contributed by atoms with Gasteiger partial charge in [0.25, 0.3) is 0 Å². The number of hydrogen-bond acceptors (Lipinski definition) is 4. The van der Waals surface area contributed by atoms with E-state index in [1.165, 1.54) is 11.1 Å². The second-order valence-corrected chi connectivity index (χ2v) is 6.39. The van der Waals surface area contributed by atoms with Gasteiger partial charge < -0.3 is 10.2 Å². The summed E-state index contributed by atoms with van der Waals surface area (Å²) >= 11 is 1.88. The number of aryl methyl sites for hydroxylation is 2. The minimum atomic E-state index is 0.489. The quantitative estimate of drug-likeness (QED) is 0.744. The van der Waals surface area contributed by atoms with Crippen molar-refractivity contribution in [3.8, 4) is 0 Å². The zero-order valence-corrected chi connectivity index (χ0v) is 14.6. The molecule has 20 heavy (non-hydrogen) atoms. The highest BCUT2D eigenvalue weighted by atomic mass is 32.2. The van der Waals surface area contributed by atoms with Gasteiger partial charge in [-0.25, -0.2) is 4.98 Å². The van der Waals surface area contributed by atoms with Crippen molar-refractivity contribution < 1.29 is 0 Å². The molecule has 1 aromatic rings. The van der Waals surface area contributed by atoms with Gasteiger partial charge in [-0.3, -0.25) is 0 Å². The molecule has 0 aliphatic heterocycles. The van der Waals surface area contributed by atoms with Crippen LogP contribution in [-0.2, 0) is 6.54 Å². The van der Waals surface area contributed by atoms with Gasteiger partial charge in [0.2, 0.25) is 0 Å². The van der Waals surface area contributed by atoms with Gasteiger partial charge in [-0.2, -0.15) is 11.8 Å². The fraction of sp³-hybridized carbons (Fsp3) is 0.688. The maximum absolute atomic E-state index is 4.79. The van der Waals surface area contributed by atoms with E-state index in [0.29, 0.717) is 6.04 Å². The molecule has 0 fully saturated rings. The summed E-state index contributed by atoms with van der Waals surface area (Å²) in [5.41, 5.74) is 3.76. The highest BCUT2D eigenvalue weighted by molar-refractivity contribution is 7.98. The Morgan fingerprint density at radius 3 is 2.70 bits per heavy atom. The lowest BCUT2D eigenvalue weighted by atomic mass is 10.1. The number of aromatic nitrogens is 1. The molecule has 0 aliphatic rings. The van der Waals surface area contributed by atoms with E-state index < -0.39 is 0 Å². The molecule has 3 nitrogen and oxygen atoms in total. The summed E-state index contributed by atoms with van der Waals surface area (Å²) in [6.07, 6.45) is 3.31. The van der Waals surface area contributed by atoms with Crippen LogP contribution in [0.5, 0.6) is 0 Å². The maximum atomic E-state index is 4.79. The molecule has 0 saturated heterocycles. The number of nitrogens with zero attached hydrogens (tertiary/aromatic N) is 2. The minimum Gasteiger partial charge on any atom is -0.356 e. The Morgan fingerprint density at radius 1 is 1.40 bits per heavy atom. The summed E-state index contributed by atoms with van der Waals surface area (Å²) in [6, 6.07) is 2.67. The molecule has 1 N–H and O–H groups in total. The molecule has 0 aliphatic carbocycles. The lowest BCUT2D eigenvalue weighted by Crippen LogP contribution is -2.33. The molecule has 1 unspecified atom stereocenters. The van der Waals surface area contributed by atoms with Crippen LogP contribution >= 0.6 is 11.8 Å². The van der Waals surface area contributed by atoms with Gasteiger partial charge in [-0.1, -0.05) is 6.92 Å². The summed E-state index contributed by atoms with van der Waals surface area (Å²) in [5, 5.41) is 3.51. The molecule has 0 radical (unpaired) electrons. The van der Waals surface area contributed by atoms with Gasteiger partial charge in [0.1, 0.15) is 5.82 Å². The number of anilines is 1. The van der Waals surface area contributed by atoms with Crippen LogP contribution in [0.15, 0.2) is 6.07 Å². The van der Waals surface area contributed by atoms with Crippen molar-refractivity contribution >= 4 is 17.6 Å². The zero-order valence-electron chi connectivity index (χ0n) is 13.8. The third-order valence-electron chi connectivity index (χ3n) is 3.59. The van der Waals surface area contributed by atoms with Gasteiger partial charge in [0.15, 0.2) is 0 Å². The number of nitrogens with one attached hydrogen (secondary N) is 1. The summed E-state index contributed by atoms with van der Waals surface area (Å²) in [5.74, 6) is 2.25. The average molecular weight is 295 g/mol. The van der Waals surface area contributed by atoms with Crippen molar-refractivity contribution in [1.82, 2.24) is 10.3 Å². The van der Waals surface area contributed by atoms with E-state index in [-0.39, 0.29) is 0 Å². The van der Waals surface area contributed by atoms with Crippen LogP contribution in [0, 0.1) is 13.8 Å². The second kappa shape index (κ2) is 8.53. The predicted octanol–water partition coefficient (Wildman–Crippen LogP) is 3.39. The molecule has 4 heteroatoms. The Labute approximate surface area is 128 Å². The van der Waals surface area contributed by atoms with Gasteiger partial charge in [-0.05, 0) is 51.6 Å². The van der Waals surface area contributed by atoms with Gasteiger partial charge in [0, 0.05) is 36.6 Å². The van der Waals surface area contributed by atoms with Crippen LogP contribution in [0.1, 0.15) is 37.1 Å². The van der Waals surface area contributed by atoms with Crippen LogP contribution < -0.4 is 10.2 Å². The third-order valence-corrected chi connectivity index (χ3v) is 4.40. The molecule has 0 amide bonds. The largest absolute Gasteiger partial charge is 0.356 e. The Kier molecular flexibility index (Phi) is 7.38. The standard InChI is InChI=1S/C16H29N3S/c1-7-8-17-10-15-12(2)9-13(3)18-16(15)19(5)14(4)11-20-6/h9,14,17H,7-8,10-11H2,1-6H3. The summed E-state index contributed by atoms with van der Waals surface area (Å²) in [6.45, 7) is 10.7. The number of hydrogen-bond donors (Lipinski definition) is 1. The first-order chi connectivity index (χ1) is 9.51. The fourth-order valence-corrected chi connectivity index (χ4v) is 3.01. The summed E-state index contributed by atoms with van der Waals surface area (Å²) < 4.78 is 0. The van der Waals surface area contributed by atoms with Crippen LogP contribution in [0.2, 0.25) is 0 Å². The molecule has 0 bridgehead atoms. The smallest absolute Gasteiger partial charge is 0.133 e. The summed E-state index contributed by atoms with van der Waals surface area (Å²) in [7, 11) is 2.16. The van der Waals surface area contributed by atoms with Crippen molar-refractivity contribution in [2.45, 2.75) is 46.7 Å². The van der Waals surface area contributed by atoms with Crippen molar-refractivity contribution in [3.63, 3.8) is 0 Å². The molecule has 1 aromatic heterocycles. The lowest BCUT2D eigenvalue weighted by molar-refractivity contribution is 0.663. The monoisotopic (exact) mass is 295 g/mol. The Bertz CT molecular complexity index is 420. The van der Waals surface area contributed by atoms with Crippen molar-refractivity contribution in [3.05, 3.63) is 22.9 Å². The minimum absolute atomic E-state index is 0.489. The predicted molar refractivity (Wildman–Crippen MR) is 92.0 cm³/mol. The number of thioether (sulfide) groups is 1. The van der Waals surface area contributed by atoms with Crippen LogP contribution in [-0.4, -0.2) is 36.6 Å². The highest BCUT2D eigenvalue weighted by Gasteiger charge is 2.16. The first-order valence-electron chi connectivity index (χ1n) is 7.40. The van der Waals surface area contributed by atoms with E-state index in [0.717, 1.165) is 36.8 Å². The van der Waals surface area contributed by atoms with Crippen molar-refractivity contribution in [2.24, 2.45) is 0 Å². The number of pyridine rings is 1. The zero-order chi connectivity index (χ0) is 15.1. The highest BCUT2D eigenvalue weighted by Crippen LogP contribution is 2.24. The van der Waals surface area contributed by atoms with E-state index in [1.54, 1.807) is 0 Å². The van der Waals surface area contributed by atoms with Gasteiger partial charge in [-0.15, -0.1) is 0 Å². The summed E-state index contributed by atoms with van der Waals surface area (Å²) in [4.78, 5) is 7.11. The van der Waals surface area contributed by atoms with E-state index in [1.807, 2.05) is 11.8 Å². The van der Waals surface area contributed by atoms with E-state index in [4.69, 9.17) is 4.98 Å². The van der Waals surface area contributed by atoms with Gasteiger partial charge in [0.05, 0.1) is 0 Å². The molecule has 0 saturated carbocycles. The third kappa shape index (κ3) is 4.67. The molecule has 1 rings (SSSR count). The molecule has 0 aromatic carbocycles. The average Bonchev–Trinajstić information content (AvgIpc) is 2.40. The fourth-order valence-electron chi connectivity index (χ4n) is 2.31.